The zero-order valence-electron chi connectivity index (χ0n) is 12.2. The number of halogens is 3. The number of aromatic amines is 1. The minimum Gasteiger partial charge on any atom is -0.471 e. The molecule has 3 aromatic rings. The van der Waals surface area contributed by atoms with Crippen LogP contribution < -0.4 is 4.74 Å². The van der Waals surface area contributed by atoms with E-state index in [0.717, 1.165) is 16.7 Å². The van der Waals surface area contributed by atoms with Gasteiger partial charge in [-0.15, -0.1) is 5.10 Å². The van der Waals surface area contributed by atoms with E-state index in [1.807, 2.05) is 24.3 Å². The predicted molar refractivity (Wildman–Crippen MR) is 84.5 cm³/mol. The minimum atomic E-state index is -4.27. The monoisotopic (exact) mass is 351 g/mol. The Morgan fingerprint density at radius 1 is 0.958 bits per heavy atom. The third kappa shape index (κ3) is 4.51. The molecule has 0 saturated heterocycles. The van der Waals surface area contributed by atoms with Crippen molar-refractivity contribution in [2.24, 2.45) is 0 Å². The smallest absolute Gasteiger partial charge is 0.446 e. The first-order valence-corrected chi connectivity index (χ1v) is 7.75. The van der Waals surface area contributed by atoms with Crippen LogP contribution in [0.2, 0.25) is 0 Å². The van der Waals surface area contributed by atoms with Crippen molar-refractivity contribution in [1.82, 2.24) is 15.4 Å². The van der Waals surface area contributed by atoms with E-state index in [9.17, 15) is 13.2 Å². The molecule has 0 radical (unpaired) electrons. The lowest BCUT2D eigenvalue weighted by molar-refractivity contribution is -0.0328. The highest BCUT2D eigenvalue weighted by Gasteiger charge is 2.28. The summed E-state index contributed by atoms with van der Waals surface area (Å²) in [5.74, 6) is 0.414. The Bertz CT molecular complexity index is 772. The van der Waals surface area contributed by atoms with E-state index in [4.69, 9.17) is 4.74 Å². The predicted octanol–water partition coefficient (Wildman–Crippen LogP) is 4.66. The van der Waals surface area contributed by atoms with Gasteiger partial charge in [0.25, 0.3) is 5.88 Å². The van der Waals surface area contributed by atoms with Crippen LogP contribution in [-0.2, 0) is 6.61 Å². The second-order valence-corrected chi connectivity index (χ2v) is 6.00. The molecule has 8 heteroatoms. The van der Waals surface area contributed by atoms with Gasteiger partial charge in [-0.2, -0.15) is 23.5 Å². The maximum Gasteiger partial charge on any atom is 0.446 e. The number of nitrogens with one attached hydrogen (secondary N) is 1. The molecule has 0 saturated carbocycles. The summed E-state index contributed by atoms with van der Waals surface area (Å²) in [6.45, 7) is 0.355. The van der Waals surface area contributed by atoms with Crippen molar-refractivity contribution in [1.29, 1.82) is 0 Å². The quantitative estimate of drug-likeness (QED) is 0.679. The Balaban J connectivity index is 1.64. The van der Waals surface area contributed by atoms with Gasteiger partial charge in [-0.05, 0) is 40.6 Å². The third-order valence-corrected chi connectivity index (χ3v) is 3.89. The Kier molecular flexibility index (Phi) is 4.75. The number of alkyl halides is 3. The Morgan fingerprint density at radius 3 is 2.12 bits per heavy atom. The Labute approximate surface area is 140 Å². The molecule has 0 aliphatic rings. The zero-order valence-corrected chi connectivity index (χ0v) is 13.1. The van der Waals surface area contributed by atoms with E-state index in [1.165, 1.54) is 18.3 Å². The summed E-state index contributed by atoms with van der Waals surface area (Å²) in [5.41, 5.74) is -1.55. The normalized spacial score (nSPS) is 11.5. The SMILES string of the molecule is FC(F)(F)Sc1ccc(-c2ccc(COc3cn[nH]n3)cc2)cc1. The fourth-order valence-electron chi connectivity index (χ4n) is 2.06. The number of nitrogens with zero attached hydrogens (tertiary/aromatic N) is 2. The first-order valence-electron chi connectivity index (χ1n) is 6.93. The highest BCUT2D eigenvalue weighted by molar-refractivity contribution is 8.00. The number of hydrogen-bond acceptors (Lipinski definition) is 4. The minimum absolute atomic E-state index is 0.118. The number of ether oxygens (including phenoxy) is 1. The van der Waals surface area contributed by atoms with E-state index in [2.05, 4.69) is 15.4 Å². The highest BCUT2D eigenvalue weighted by Crippen LogP contribution is 2.37. The summed E-state index contributed by atoms with van der Waals surface area (Å²) in [6, 6.07) is 13.9. The van der Waals surface area contributed by atoms with Crippen LogP contribution in [0.4, 0.5) is 13.2 Å². The van der Waals surface area contributed by atoms with Crippen LogP contribution in [0.3, 0.4) is 0 Å². The molecule has 0 amide bonds. The second kappa shape index (κ2) is 6.96. The molecule has 0 aliphatic carbocycles. The highest BCUT2D eigenvalue weighted by atomic mass is 32.2. The van der Waals surface area contributed by atoms with Gasteiger partial charge in [-0.25, -0.2) is 0 Å². The van der Waals surface area contributed by atoms with E-state index < -0.39 is 5.51 Å². The summed E-state index contributed by atoms with van der Waals surface area (Å²) in [5, 5.41) is 9.89. The van der Waals surface area contributed by atoms with Gasteiger partial charge >= 0.3 is 5.51 Å². The molecule has 3 rings (SSSR count). The van der Waals surface area contributed by atoms with Crippen molar-refractivity contribution in [3.63, 3.8) is 0 Å². The molecule has 0 fully saturated rings. The zero-order chi connectivity index (χ0) is 17.0. The maximum atomic E-state index is 12.3. The molecule has 0 bridgehead atoms. The van der Waals surface area contributed by atoms with E-state index in [1.54, 1.807) is 12.1 Å². The molecule has 4 nitrogen and oxygen atoms in total. The van der Waals surface area contributed by atoms with Crippen LogP contribution in [0, 0.1) is 0 Å². The topological polar surface area (TPSA) is 50.8 Å². The molecular weight excluding hydrogens is 339 g/mol. The molecule has 0 atom stereocenters. The number of aromatic nitrogens is 3. The van der Waals surface area contributed by atoms with E-state index >= 15 is 0 Å². The standard InChI is InChI=1S/C16H12F3N3OS/c17-16(18,19)24-14-7-5-13(6-8-14)12-3-1-11(2-4-12)10-23-15-9-20-22-21-15/h1-9H,10H2,(H,20,21,22). The van der Waals surface area contributed by atoms with Crippen molar-refractivity contribution in [3.05, 3.63) is 60.3 Å². The summed E-state index contributed by atoms with van der Waals surface area (Å²) < 4.78 is 42.4. The number of rotatable bonds is 5. The molecule has 24 heavy (non-hydrogen) atoms. The average molecular weight is 351 g/mol. The van der Waals surface area contributed by atoms with Crippen molar-refractivity contribution in [2.45, 2.75) is 17.0 Å². The Hall–Kier alpha value is -2.48. The molecule has 2 aromatic carbocycles. The molecule has 124 valence electrons. The summed E-state index contributed by atoms with van der Waals surface area (Å²) in [6.07, 6.45) is 1.48. The van der Waals surface area contributed by atoms with Crippen LogP contribution in [0.5, 0.6) is 5.88 Å². The van der Waals surface area contributed by atoms with Gasteiger partial charge in [0.2, 0.25) is 0 Å². The number of H-pyrrole nitrogens is 1. The molecular formula is C16H12F3N3OS. The lowest BCUT2D eigenvalue weighted by Gasteiger charge is -2.08. The largest absolute Gasteiger partial charge is 0.471 e. The second-order valence-electron chi connectivity index (χ2n) is 4.87. The number of hydrogen-bond donors (Lipinski definition) is 1. The van der Waals surface area contributed by atoms with Gasteiger partial charge < -0.3 is 4.74 Å². The maximum absolute atomic E-state index is 12.3. The van der Waals surface area contributed by atoms with E-state index in [-0.39, 0.29) is 16.7 Å². The van der Waals surface area contributed by atoms with Gasteiger partial charge in [-0.3, -0.25) is 0 Å². The lowest BCUT2D eigenvalue weighted by Crippen LogP contribution is -1.98. The summed E-state index contributed by atoms with van der Waals surface area (Å²) in [4.78, 5) is 0.170. The fourth-order valence-corrected chi connectivity index (χ4v) is 2.60. The molecule has 1 heterocycles. The molecule has 0 aliphatic heterocycles. The molecule has 0 unspecified atom stereocenters. The van der Waals surface area contributed by atoms with Crippen molar-refractivity contribution in [3.8, 4) is 17.0 Å². The van der Waals surface area contributed by atoms with Crippen LogP contribution in [0.25, 0.3) is 11.1 Å². The summed E-state index contributed by atoms with van der Waals surface area (Å²) >= 11 is -0.118. The molecule has 1 N–H and O–H groups in total. The van der Waals surface area contributed by atoms with Crippen LogP contribution in [-0.4, -0.2) is 20.9 Å². The molecule has 0 spiro atoms. The van der Waals surface area contributed by atoms with Crippen LogP contribution in [0.15, 0.2) is 59.6 Å². The number of benzene rings is 2. The van der Waals surface area contributed by atoms with Crippen LogP contribution in [0.1, 0.15) is 5.56 Å². The van der Waals surface area contributed by atoms with Crippen molar-refractivity contribution < 1.29 is 17.9 Å². The van der Waals surface area contributed by atoms with Gasteiger partial charge in [0.15, 0.2) is 0 Å². The van der Waals surface area contributed by atoms with Gasteiger partial charge in [0.05, 0.1) is 0 Å². The average Bonchev–Trinajstić information content (AvgIpc) is 3.06. The van der Waals surface area contributed by atoms with Gasteiger partial charge in [0.1, 0.15) is 12.8 Å². The van der Waals surface area contributed by atoms with Crippen LogP contribution >= 0.6 is 11.8 Å². The van der Waals surface area contributed by atoms with Crippen molar-refractivity contribution in [2.75, 3.05) is 0 Å². The lowest BCUT2D eigenvalue weighted by atomic mass is 10.0. The number of thioether (sulfide) groups is 1. The first kappa shape index (κ1) is 16.4. The Morgan fingerprint density at radius 2 is 1.58 bits per heavy atom. The van der Waals surface area contributed by atoms with Gasteiger partial charge in [0, 0.05) is 4.90 Å². The first-order chi connectivity index (χ1) is 11.5. The fraction of sp³-hybridized carbons (Fsp3) is 0.125. The molecule has 1 aromatic heterocycles. The van der Waals surface area contributed by atoms with Gasteiger partial charge in [-0.1, -0.05) is 36.4 Å². The van der Waals surface area contributed by atoms with E-state index in [0.29, 0.717) is 12.5 Å². The van der Waals surface area contributed by atoms with Crippen molar-refractivity contribution >= 4 is 11.8 Å². The third-order valence-electron chi connectivity index (χ3n) is 3.15. The summed E-state index contributed by atoms with van der Waals surface area (Å²) in [7, 11) is 0.